The molecule has 0 aliphatic heterocycles. The second kappa shape index (κ2) is 8.79. The summed E-state index contributed by atoms with van der Waals surface area (Å²) in [6.07, 6.45) is 8.75. The average Bonchev–Trinajstić information content (AvgIpc) is 2.02. The molecule has 0 fully saturated rings. The van der Waals surface area contributed by atoms with Crippen LogP contribution in [0, 0.1) is 0 Å². The van der Waals surface area contributed by atoms with E-state index in [1.165, 1.54) is 37.7 Å². The van der Waals surface area contributed by atoms with Gasteiger partial charge < -0.3 is 4.74 Å². The van der Waals surface area contributed by atoms with Gasteiger partial charge in [-0.15, -0.1) is 0 Å². The first-order valence-corrected chi connectivity index (χ1v) is 4.89. The third-order valence-corrected chi connectivity index (χ3v) is 1.86. The molecule has 0 radical (unpaired) electrons. The van der Waals surface area contributed by atoms with Gasteiger partial charge in [-0.25, -0.2) is 0 Å². The molecule has 0 saturated heterocycles. The van der Waals surface area contributed by atoms with Crippen LogP contribution in [0.4, 0.5) is 0 Å². The fourth-order valence-electron chi connectivity index (χ4n) is 1.14. The second-order valence-corrected chi connectivity index (χ2v) is 3.48. The number of unbranched alkanes of at least 4 members (excludes halogenated alkanes) is 4. The Morgan fingerprint density at radius 2 is 1.75 bits per heavy atom. The SMILES string of the molecule is COCCCCCCC=C(C)C. The Labute approximate surface area is 76.8 Å². The summed E-state index contributed by atoms with van der Waals surface area (Å²) >= 11 is 0. The molecule has 0 spiro atoms. The van der Waals surface area contributed by atoms with Gasteiger partial charge in [0.2, 0.25) is 0 Å². The number of allylic oxidation sites excluding steroid dienone is 2. The molecule has 0 bridgehead atoms. The Kier molecular flexibility index (Phi) is 8.57. The molecular formula is C11H22O. The van der Waals surface area contributed by atoms with E-state index in [4.69, 9.17) is 4.74 Å². The Morgan fingerprint density at radius 1 is 1.08 bits per heavy atom. The third kappa shape index (κ3) is 9.70. The molecule has 0 rings (SSSR count). The maximum absolute atomic E-state index is 4.97. The van der Waals surface area contributed by atoms with Crippen molar-refractivity contribution in [3.63, 3.8) is 0 Å². The molecule has 0 saturated carbocycles. The molecular weight excluding hydrogens is 148 g/mol. The van der Waals surface area contributed by atoms with Crippen molar-refractivity contribution in [2.75, 3.05) is 13.7 Å². The number of hydrogen-bond acceptors (Lipinski definition) is 1. The van der Waals surface area contributed by atoms with E-state index in [1.807, 2.05) is 0 Å². The molecule has 0 atom stereocenters. The average molecular weight is 170 g/mol. The second-order valence-electron chi connectivity index (χ2n) is 3.48. The fourth-order valence-corrected chi connectivity index (χ4v) is 1.14. The van der Waals surface area contributed by atoms with E-state index in [0.717, 1.165) is 6.61 Å². The summed E-state index contributed by atoms with van der Waals surface area (Å²) in [5.74, 6) is 0. The number of rotatable bonds is 7. The minimum Gasteiger partial charge on any atom is -0.385 e. The van der Waals surface area contributed by atoms with Crippen LogP contribution in [0.3, 0.4) is 0 Å². The molecule has 72 valence electrons. The molecule has 12 heavy (non-hydrogen) atoms. The van der Waals surface area contributed by atoms with E-state index in [2.05, 4.69) is 19.9 Å². The predicted octanol–water partition coefficient (Wildman–Crippen LogP) is 3.55. The summed E-state index contributed by atoms with van der Waals surface area (Å²) in [5, 5.41) is 0. The van der Waals surface area contributed by atoms with Crippen molar-refractivity contribution in [1.29, 1.82) is 0 Å². The van der Waals surface area contributed by atoms with Crippen LogP contribution in [-0.4, -0.2) is 13.7 Å². The van der Waals surface area contributed by atoms with E-state index < -0.39 is 0 Å². The molecule has 0 unspecified atom stereocenters. The predicted molar refractivity (Wildman–Crippen MR) is 54.4 cm³/mol. The van der Waals surface area contributed by atoms with Gasteiger partial charge in [-0.3, -0.25) is 0 Å². The molecule has 0 aromatic heterocycles. The lowest BCUT2D eigenvalue weighted by Crippen LogP contribution is -1.87. The van der Waals surface area contributed by atoms with Crippen molar-refractivity contribution in [2.24, 2.45) is 0 Å². The van der Waals surface area contributed by atoms with E-state index in [0.29, 0.717) is 0 Å². The summed E-state index contributed by atoms with van der Waals surface area (Å²) in [5.41, 5.74) is 1.44. The normalized spacial score (nSPS) is 9.92. The van der Waals surface area contributed by atoms with Gasteiger partial charge in [-0.05, 0) is 33.1 Å². The molecule has 0 aliphatic carbocycles. The lowest BCUT2D eigenvalue weighted by Gasteiger charge is -1.98. The fraction of sp³-hybridized carbons (Fsp3) is 0.818. The number of methoxy groups -OCH3 is 1. The third-order valence-electron chi connectivity index (χ3n) is 1.86. The van der Waals surface area contributed by atoms with Gasteiger partial charge in [-0.1, -0.05) is 24.5 Å². The summed E-state index contributed by atoms with van der Waals surface area (Å²) in [4.78, 5) is 0. The molecule has 1 nitrogen and oxygen atoms in total. The van der Waals surface area contributed by atoms with Gasteiger partial charge in [0.05, 0.1) is 0 Å². The highest BCUT2D eigenvalue weighted by molar-refractivity contribution is 4.92. The number of hydrogen-bond donors (Lipinski definition) is 0. The van der Waals surface area contributed by atoms with Crippen LogP contribution in [0.5, 0.6) is 0 Å². The van der Waals surface area contributed by atoms with Crippen molar-refractivity contribution in [3.8, 4) is 0 Å². The summed E-state index contributed by atoms with van der Waals surface area (Å²) < 4.78 is 4.97. The zero-order valence-electron chi connectivity index (χ0n) is 8.73. The highest BCUT2D eigenvalue weighted by Gasteiger charge is 1.88. The van der Waals surface area contributed by atoms with Crippen LogP contribution in [0.15, 0.2) is 11.6 Å². The van der Waals surface area contributed by atoms with E-state index in [9.17, 15) is 0 Å². The molecule has 1 heteroatoms. The van der Waals surface area contributed by atoms with Crippen LogP contribution in [0.25, 0.3) is 0 Å². The van der Waals surface area contributed by atoms with Crippen molar-refractivity contribution < 1.29 is 4.74 Å². The molecule has 0 aliphatic rings. The van der Waals surface area contributed by atoms with Gasteiger partial charge in [0.25, 0.3) is 0 Å². The van der Waals surface area contributed by atoms with Crippen LogP contribution in [0.2, 0.25) is 0 Å². The molecule has 0 amide bonds. The Balaban J connectivity index is 2.96. The van der Waals surface area contributed by atoms with Gasteiger partial charge in [0, 0.05) is 13.7 Å². The molecule has 0 aromatic rings. The van der Waals surface area contributed by atoms with Crippen LogP contribution < -0.4 is 0 Å². The van der Waals surface area contributed by atoms with E-state index >= 15 is 0 Å². The molecule has 0 N–H and O–H groups in total. The monoisotopic (exact) mass is 170 g/mol. The lowest BCUT2D eigenvalue weighted by molar-refractivity contribution is 0.192. The number of ether oxygens (including phenoxy) is 1. The Bertz CT molecular complexity index is 112. The lowest BCUT2D eigenvalue weighted by atomic mass is 10.1. The summed E-state index contributed by atoms with van der Waals surface area (Å²) in [7, 11) is 1.77. The first-order valence-electron chi connectivity index (χ1n) is 4.89. The van der Waals surface area contributed by atoms with E-state index in [1.54, 1.807) is 7.11 Å². The van der Waals surface area contributed by atoms with Gasteiger partial charge in [-0.2, -0.15) is 0 Å². The standard InChI is InChI=1S/C11H22O/c1-11(2)9-7-5-4-6-8-10-12-3/h9H,4-8,10H2,1-3H3. The maximum atomic E-state index is 4.97. The smallest absolute Gasteiger partial charge is 0.0462 e. The maximum Gasteiger partial charge on any atom is 0.0462 e. The quantitative estimate of drug-likeness (QED) is 0.419. The van der Waals surface area contributed by atoms with Crippen LogP contribution in [-0.2, 0) is 4.74 Å². The van der Waals surface area contributed by atoms with Crippen molar-refractivity contribution in [2.45, 2.75) is 46.0 Å². The highest BCUT2D eigenvalue weighted by Crippen LogP contribution is 2.05. The zero-order chi connectivity index (χ0) is 9.23. The van der Waals surface area contributed by atoms with Gasteiger partial charge in [0.15, 0.2) is 0 Å². The van der Waals surface area contributed by atoms with Gasteiger partial charge >= 0.3 is 0 Å². The first-order chi connectivity index (χ1) is 5.77. The van der Waals surface area contributed by atoms with Gasteiger partial charge in [0.1, 0.15) is 0 Å². The van der Waals surface area contributed by atoms with Crippen molar-refractivity contribution in [1.82, 2.24) is 0 Å². The Hall–Kier alpha value is -0.300. The topological polar surface area (TPSA) is 9.23 Å². The molecule has 0 heterocycles. The van der Waals surface area contributed by atoms with Crippen molar-refractivity contribution in [3.05, 3.63) is 11.6 Å². The molecule has 0 aromatic carbocycles. The highest BCUT2D eigenvalue weighted by atomic mass is 16.5. The van der Waals surface area contributed by atoms with E-state index in [-0.39, 0.29) is 0 Å². The van der Waals surface area contributed by atoms with Crippen LogP contribution in [0.1, 0.15) is 46.0 Å². The van der Waals surface area contributed by atoms with Crippen LogP contribution >= 0.6 is 0 Å². The van der Waals surface area contributed by atoms with Crippen molar-refractivity contribution >= 4 is 0 Å². The first kappa shape index (κ1) is 11.7. The minimum absolute atomic E-state index is 0.919. The largest absolute Gasteiger partial charge is 0.385 e. The summed E-state index contributed by atoms with van der Waals surface area (Å²) in [6, 6.07) is 0. The minimum atomic E-state index is 0.919. The summed E-state index contributed by atoms with van der Waals surface area (Å²) in [6.45, 7) is 5.23. The Morgan fingerprint density at radius 3 is 2.33 bits per heavy atom. The zero-order valence-corrected chi connectivity index (χ0v) is 8.73.